The third-order valence-corrected chi connectivity index (χ3v) is 2.03. The summed E-state index contributed by atoms with van der Waals surface area (Å²) in [5.74, 6) is -3.04. The van der Waals surface area contributed by atoms with Gasteiger partial charge in [-0.2, -0.15) is 13.2 Å². The van der Waals surface area contributed by atoms with Crippen molar-refractivity contribution < 1.29 is 27.5 Å². The molecule has 1 N–H and O–H groups in total. The third-order valence-electron chi connectivity index (χ3n) is 2.03. The van der Waals surface area contributed by atoms with Crippen LogP contribution in [0.1, 0.15) is 26.7 Å². The minimum atomic E-state index is -5.01. The highest BCUT2D eigenvalue weighted by molar-refractivity contribution is 5.90. The predicted molar refractivity (Wildman–Crippen MR) is 49.5 cm³/mol. The van der Waals surface area contributed by atoms with Gasteiger partial charge in [0, 0.05) is 0 Å². The molecule has 4 nitrogen and oxygen atoms in total. The molecule has 0 aromatic heterocycles. The van der Waals surface area contributed by atoms with Gasteiger partial charge in [-0.15, -0.1) is 0 Å². The van der Waals surface area contributed by atoms with Crippen LogP contribution in [0, 0.1) is 0 Å². The molecule has 1 amide bonds. The van der Waals surface area contributed by atoms with Gasteiger partial charge in [0.25, 0.3) is 0 Å². The average Bonchev–Trinajstić information content (AvgIpc) is 2.15. The molecule has 7 heteroatoms. The lowest BCUT2D eigenvalue weighted by Gasteiger charge is -2.27. The van der Waals surface area contributed by atoms with Crippen LogP contribution in [0.2, 0.25) is 0 Å². The fourth-order valence-corrected chi connectivity index (χ4v) is 1.26. The largest absolute Gasteiger partial charge is 0.471 e. The molecule has 0 saturated heterocycles. The maximum atomic E-state index is 12.0. The van der Waals surface area contributed by atoms with Gasteiger partial charge in [-0.05, 0) is 13.3 Å². The van der Waals surface area contributed by atoms with Crippen molar-refractivity contribution in [3.63, 3.8) is 0 Å². The number of methoxy groups -OCH3 is 1. The van der Waals surface area contributed by atoms with Gasteiger partial charge in [-0.3, -0.25) is 4.79 Å². The molecule has 16 heavy (non-hydrogen) atoms. The Morgan fingerprint density at radius 2 is 1.81 bits per heavy atom. The van der Waals surface area contributed by atoms with Crippen LogP contribution in [0.25, 0.3) is 0 Å². The maximum Gasteiger partial charge on any atom is 0.471 e. The second-order valence-corrected chi connectivity index (χ2v) is 3.53. The van der Waals surface area contributed by atoms with Gasteiger partial charge >= 0.3 is 18.1 Å². The topological polar surface area (TPSA) is 55.4 Å². The van der Waals surface area contributed by atoms with E-state index in [4.69, 9.17) is 0 Å². The number of carbonyl (C=O) groups is 2. The highest BCUT2D eigenvalue weighted by atomic mass is 19.4. The Bertz CT molecular complexity index is 278. The Labute approximate surface area is 91.1 Å². The van der Waals surface area contributed by atoms with Crippen molar-refractivity contribution in [2.45, 2.75) is 38.4 Å². The van der Waals surface area contributed by atoms with Crippen LogP contribution in [-0.4, -0.2) is 30.7 Å². The summed E-state index contributed by atoms with van der Waals surface area (Å²) in [6, 6.07) is 0. The minimum absolute atomic E-state index is 0.0709. The van der Waals surface area contributed by atoms with E-state index in [1.807, 2.05) is 0 Å². The van der Waals surface area contributed by atoms with Gasteiger partial charge in [0.1, 0.15) is 5.54 Å². The zero-order valence-corrected chi connectivity index (χ0v) is 9.27. The van der Waals surface area contributed by atoms with E-state index in [0.29, 0.717) is 6.42 Å². The molecule has 0 aliphatic rings. The summed E-state index contributed by atoms with van der Waals surface area (Å²) < 4.78 is 40.4. The lowest BCUT2D eigenvalue weighted by Crippen LogP contribution is -2.56. The first-order chi connectivity index (χ1) is 7.17. The molecular weight excluding hydrogens is 227 g/mol. The van der Waals surface area contributed by atoms with E-state index in [2.05, 4.69) is 4.74 Å². The van der Waals surface area contributed by atoms with Crippen LogP contribution < -0.4 is 5.32 Å². The normalized spacial score (nSPS) is 15.1. The zero-order chi connectivity index (χ0) is 13.0. The number of alkyl halides is 3. The second kappa shape index (κ2) is 5.18. The number of carbonyl (C=O) groups excluding carboxylic acids is 2. The third kappa shape index (κ3) is 3.71. The van der Waals surface area contributed by atoms with E-state index in [-0.39, 0.29) is 6.42 Å². The molecule has 0 spiro atoms. The number of halogens is 3. The van der Waals surface area contributed by atoms with E-state index in [1.54, 1.807) is 12.2 Å². The number of hydrogen-bond acceptors (Lipinski definition) is 3. The fourth-order valence-electron chi connectivity index (χ4n) is 1.26. The monoisotopic (exact) mass is 241 g/mol. The van der Waals surface area contributed by atoms with Gasteiger partial charge in [0.05, 0.1) is 7.11 Å². The molecule has 0 aliphatic heterocycles. The van der Waals surface area contributed by atoms with Crippen LogP contribution >= 0.6 is 0 Å². The van der Waals surface area contributed by atoms with Crippen molar-refractivity contribution in [2.75, 3.05) is 7.11 Å². The Balaban J connectivity index is 4.82. The van der Waals surface area contributed by atoms with Crippen LogP contribution in [-0.2, 0) is 14.3 Å². The maximum absolute atomic E-state index is 12.0. The summed E-state index contributed by atoms with van der Waals surface area (Å²) in [5.41, 5.74) is -1.64. The van der Waals surface area contributed by atoms with Crippen LogP contribution in [0.3, 0.4) is 0 Å². The molecule has 0 rings (SSSR count). The van der Waals surface area contributed by atoms with Gasteiger partial charge < -0.3 is 10.1 Å². The van der Waals surface area contributed by atoms with Crippen molar-refractivity contribution >= 4 is 11.9 Å². The molecule has 0 heterocycles. The van der Waals surface area contributed by atoms with Crippen molar-refractivity contribution in [1.82, 2.24) is 5.32 Å². The summed E-state index contributed by atoms with van der Waals surface area (Å²) in [5, 5.41) is 1.65. The Hall–Kier alpha value is -1.27. The Morgan fingerprint density at radius 1 is 1.31 bits per heavy atom. The summed E-state index contributed by atoms with van der Waals surface area (Å²) in [7, 11) is 1.05. The van der Waals surface area contributed by atoms with E-state index in [9.17, 15) is 22.8 Å². The molecule has 0 saturated carbocycles. The van der Waals surface area contributed by atoms with E-state index in [0.717, 1.165) is 7.11 Å². The molecular formula is C9H14F3NO3. The molecule has 0 fully saturated rings. The summed E-state index contributed by atoms with van der Waals surface area (Å²) in [6.07, 6.45) is -4.51. The van der Waals surface area contributed by atoms with Crippen LogP contribution in [0.5, 0.6) is 0 Å². The molecule has 0 aromatic carbocycles. The van der Waals surface area contributed by atoms with Crippen LogP contribution in [0.15, 0.2) is 0 Å². The van der Waals surface area contributed by atoms with Crippen molar-refractivity contribution in [2.24, 2.45) is 0 Å². The van der Waals surface area contributed by atoms with Gasteiger partial charge in [-0.25, -0.2) is 4.79 Å². The van der Waals surface area contributed by atoms with Gasteiger partial charge in [0.15, 0.2) is 0 Å². The predicted octanol–water partition coefficient (Wildman–Crippen LogP) is 1.40. The van der Waals surface area contributed by atoms with E-state index in [1.165, 1.54) is 6.92 Å². The molecule has 0 aliphatic carbocycles. The van der Waals surface area contributed by atoms with E-state index >= 15 is 0 Å². The number of ether oxygens (including phenoxy) is 1. The lowest BCUT2D eigenvalue weighted by atomic mass is 9.96. The first kappa shape index (κ1) is 14.7. The minimum Gasteiger partial charge on any atom is -0.467 e. The summed E-state index contributed by atoms with van der Waals surface area (Å²) in [6.45, 7) is 2.88. The fraction of sp³-hybridized carbons (Fsp3) is 0.778. The standard InChI is InChI=1S/C9H14F3NO3/c1-4-5-8(2,7(15)16-3)13-6(14)9(10,11)12/h4-5H2,1-3H3,(H,13,14). The lowest BCUT2D eigenvalue weighted by molar-refractivity contribution is -0.178. The highest BCUT2D eigenvalue weighted by Gasteiger charge is 2.45. The Kier molecular flexibility index (Phi) is 4.77. The van der Waals surface area contributed by atoms with Gasteiger partial charge in [0.2, 0.25) is 0 Å². The molecule has 1 atom stereocenters. The van der Waals surface area contributed by atoms with Crippen LogP contribution in [0.4, 0.5) is 13.2 Å². The molecule has 94 valence electrons. The number of amides is 1. The van der Waals surface area contributed by atoms with Crippen molar-refractivity contribution in [1.29, 1.82) is 0 Å². The van der Waals surface area contributed by atoms with Gasteiger partial charge in [-0.1, -0.05) is 13.3 Å². The van der Waals surface area contributed by atoms with Crippen molar-refractivity contribution in [3.8, 4) is 0 Å². The molecule has 1 unspecified atom stereocenters. The molecule has 0 radical (unpaired) electrons. The smallest absolute Gasteiger partial charge is 0.467 e. The number of rotatable bonds is 4. The number of esters is 1. The van der Waals surface area contributed by atoms with Crippen molar-refractivity contribution in [3.05, 3.63) is 0 Å². The summed E-state index contributed by atoms with van der Waals surface area (Å²) >= 11 is 0. The molecule has 0 aromatic rings. The number of hydrogen-bond donors (Lipinski definition) is 1. The second-order valence-electron chi connectivity index (χ2n) is 3.53. The first-order valence-electron chi connectivity index (χ1n) is 4.65. The Morgan fingerprint density at radius 3 is 2.12 bits per heavy atom. The van der Waals surface area contributed by atoms with E-state index < -0.39 is 23.6 Å². The average molecular weight is 241 g/mol. The zero-order valence-electron chi connectivity index (χ0n) is 9.27. The SMILES string of the molecule is CCCC(C)(NC(=O)C(F)(F)F)C(=O)OC. The highest BCUT2D eigenvalue weighted by Crippen LogP contribution is 2.20. The number of nitrogens with one attached hydrogen (secondary N) is 1. The quantitative estimate of drug-likeness (QED) is 0.757. The summed E-state index contributed by atoms with van der Waals surface area (Å²) in [4.78, 5) is 22.0. The molecule has 0 bridgehead atoms. The first-order valence-corrected chi connectivity index (χ1v) is 4.65.